The molecular formula is C17H20FN3O2. The molecule has 2 aromatic rings. The molecule has 0 spiro atoms. The Balaban J connectivity index is 1.62. The average Bonchev–Trinajstić information content (AvgIpc) is 3.20. The maximum atomic E-state index is 12.9. The molecule has 1 aromatic carbocycles. The fourth-order valence-corrected chi connectivity index (χ4v) is 2.85. The van der Waals surface area contributed by atoms with Gasteiger partial charge in [0.05, 0.1) is 12.2 Å². The quantitative estimate of drug-likeness (QED) is 0.917. The van der Waals surface area contributed by atoms with Gasteiger partial charge in [-0.3, -0.25) is 4.79 Å². The maximum Gasteiger partial charge on any atom is 0.266 e. The van der Waals surface area contributed by atoms with Gasteiger partial charge in [-0.05, 0) is 44.0 Å². The number of halogens is 1. The summed E-state index contributed by atoms with van der Waals surface area (Å²) in [5, 5.41) is 7.19. The Bertz CT molecular complexity index is 663. The van der Waals surface area contributed by atoms with Crippen molar-refractivity contribution in [1.82, 2.24) is 9.78 Å². The fraction of sp³-hybridized carbons (Fsp3) is 0.412. The predicted octanol–water partition coefficient (Wildman–Crippen LogP) is 3.54. The number of ether oxygens (including phenoxy) is 1. The Kier molecular flexibility index (Phi) is 4.60. The van der Waals surface area contributed by atoms with Gasteiger partial charge >= 0.3 is 0 Å². The van der Waals surface area contributed by atoms with Crippen molar-refractivity contribution in [2.75, 3.05) is 5.32 Å². The molecule has 1 aliphatic rings. The van der Waals surface area contributed by atoms with Crippen molar-refractivity contribution in [1.29, 1.82) is 0 Å². The molecule has 1 amide bonds. The molecule has 0 saturated heterocycles. The number of aromatic nitrogens is 2. The summed E-state index contributed by atoms with van der Waals surface area (Å²) in [7, 11) is 0. The van der Waals surface area contributed by atoms with E-state index in [1.807, 2.05) is 4.68 Å². The lowest BCUT2D eigenvalue weighted by Gasteiger charge is -2.17. The van der Waals surface area contributed by atoms with Crippen LogP contribution in [0.4, 0.5) is 10.2 Å². The number of nitrogens with zero attached hydrogens (tertiary/aromatic N) is 2. The Morgan fingerprint density at radius 3 is 2.70 bits per heavy atom. The molecule has 0 aliphatic heterocycles. The first kappa shape index (κ1) is 15.5. The zero-order chi connectivity index (χ0) is 16.2. The minimum Gasteiger partial charge on any atom is -0.481 e. The van der Waals surface area contributed by atoms with E-state index in [1.54, 1.807) is 19.2 Å². The molecule has 6 heteroatoms. The SMILES string of the molecule is CC(Oc1ccc(F)cc1)C(=O)Nc1ccnn1C1CCCC1. The summed E-state index contributed by atoms with van der Waals surface area (Å²) < 4.78 is 20.3. The van der Waals surface area contributed by atoms with E-state index in [2.05, 4.69) is 10.4 Å². The van der Waals surface area contributed by atoms with E-state index >= 15 is 0 Å². The molecule has 1 unspecified atom stereocenters. The van der Waals surface area contributed by atoms with Crippen LogP contribution in [0.2, 0.25) is 0 Å². The third-order valence-electron chi connectivity index (χ3n) is 4.09. The van der Waals surface area contributed by atoms with E-state index in [4.69, 9.17) is 4.74 Å². The second kappa shape index (κ2) is 6.81. The summed E-state index contributed by atoms with van der Waals surface area (Å²) in [6.45, 7) is 1.66. The molecule has 1 N–H and O–H groups in total. The Labute approximate surface area is 134 Å². The van der Waals surface area contributed by atoms with E-state index in [1.165, 1.54) is 37.1 Å². The lowest BCUT2D eigenvalue weighted by molar-refractivity contribution is -0.122. The summed E-state index contributed by atoms with van der Waals surface area (Å²) in [4.78, 5) is 12.3. The minimum absolute atomic E-state index is 0.255. The van der Waals surface area contributed by atoms with Gasteiger partial charge in [0.2, 0.25) is 0 Å². The molecule has 1 saturated carbocycles. The normalized spacial score (nSPS) is 16.3. The van der Waals surface area contributed by atoms with Crippen molar-refractivity contribution in [2.45, 2.75) is 44.8 Å². The number of hydrogen-bond donors (Lipinski definition) is 1. The third kappa shape index (κ3) is 3.70. The lowest BCUT2D eigenvalue weighted by Crippen LogP contribution is -2.31. The second-order valence-corrected chi connectivity index (χ2v) is 5.80. The van der Waals surface area contributed by atoms with Crippen LogP contribution >= 0.6 is 0 Å². The molecule has 0 radical (unpaired) electrons. The van der Waals surface area contributed by atoms with E-state index < -0.39 is 6.10 Å². The molecule has 1 aromatic heterocycles. The Morgan fingerprint density at radius 1 is 1.30 bits per heavy atom. The van der Waals surface area contributed by atoms with Gasteiger partial charge in [-0.2, -0.15) is 5.10 Å². The third-order valence-corrected chi connectivity index (χ3v) is 4.09. The minimum atomic E-state index is -0.688. The van der Waals surface area contributed by atoms with Gasteiger partial charge in [-0.25, -0.2) is 9.07 Å². The van der Waals surface area contributed by atoms with Gasteiger partial charge < -0.3 is 10.1 Å². The van der Waals surface area contributed by atoms with E-state index in [0.29, 0.717) is 17.6 Å². The number of carbonyl (C=O) groups excluding carboxylic acids is 1. The van der Waals surface area contributed by atoms with Gasteiger partial charge in [0.25, 0.3) is 5.91 Å². The summed E-state index contributed by atoms with van der Waals surface area (Å²) in [6.07, 6.45) is 5.58. The van der Waals surface area contributed by atoms with E-state index in [9.17, 15) is 9.18 Å². The molecule has 3 rings (SSSR count). The standard InChI is InChI=1S/C17H20FN3O2/c1-12(23-15-8-6-13(18)7-9-15)17(22)20-16-10-11-19-21(16)14-4-2-3-5-14/h6-12,14H,2-5H2,1H3,(H,20,22). The first-order valence-electron chi connectivity index (χ1n) is 7.90. The topological polar surface area (TPSA) is 56.1 Å². The highest BCUT2D eigenvalue weighted by atomic mass is 19.1. The van der Waals surface area contributed by atoms with Crippen molar-refractivity contribution in [3.05, 3.63) is 42.3 Å². The number of hydrogen-bond acceptors (Lipinski definition) is 3. The zero-order valence-corrected chi connectivity index (χ0v) is 13.0. The van der Waals surface area contributed by atoms with E-state index in [-0.39, 0.29) is 11.7 Å². The van der Waals surface area contributed by atoms with Gasteiger partial charge in [-0.15, -0.1) is 0 Å². The van der Waals surface area contributed by atoms with E-state index in [0.717, 1.165) is 12.8 Å². The molecule has 5 nitrogen and oxygen atoms in total. The van der Waals surface area contributed by atoms with Crippen LogP contribution in [0.5, 0.6) is 5.75 Å². The van der Waals surface area contributed by atoms with Crippen molar-refractivity contribution in [2.24, 2.45) is 0 Å². The van der Waals surface area contributed by atoms with Crippen LogP contribution in [0.25, 0.3) is 0 Å². The second-order valence-electron chi connectivity index (χ2n) is 5.80. The van der Waals surface area contributed by atoms with Gasteiger partial charge in [0.15, 0.2) is 6.10 Å². The summed E-state index contributed by atoms with van der Waals surface area (Å²) in [5.41, 5.74) is 0. The number of carbonyl (C=O) groups is 1. The molecular weight excluding hydrogens is 297 g/mol. The number of anilines is 1. The van der Waals surface area contributed by atoms with Crippen LogP contribution in [0, 0.1) is 5.82 Å². The number of rotatable bonds is 5. The van der Waals surface area contributed by atoms with Crippen molar-refractivity contribution >= 4 is 11.7 Å². The number of benzene rings is 1. The van der Waals surface area contributed by atoms with Gasteiger partial charge in [0.1, 0.15) is 17.4 Å². The maximum absolute atomic E-state index is 12.9. The Hall–Kier alpha value is -2.37. The molecule has 122 valence electrons. The van der Waals surface area contributed by atoms with Crippen molar-refractivity contribution in [3.8, 4) is 5.75 Å². The van der Waals surface area contributed by atoms with Crippen LogP contribution in [0.1, 0.15) is 38.6 Å². The molecule has 0 bridgehead atoms. The molecule has 1 atom stereocenters. The van der Waals surface area contributed by atoms with Gasteiger partial charge in [-0.1, -0.05) is 12.8 Å². The highest BCUT2D eigenvalue weighted by molar-refractivity contribution is 5.93. The zero-order valence-electron chi connectivity index (χ0n) is 13.0. The summed E-state index contributed by atoms with van der Waals surface area (Å²) in [5.74, 6) is 0.554. The van der Waals surface area contributed by atoms with Gasteiger partial charge in [0, 0.05) is 6.07 Å². The van der Waals surface area contributed by atoms with Crippen LogP contribution < -0.4 is 10.1 Å². The molecule has 23 heavy (non-hydrogen) atoms. The smallest absolute Gasteiger partial charge is 0.266 e. The predicted molar refractivity (Wildman–Crippen MR) is 84.9 cm³/mol. The molecule has 1 aliphatic carbocycles. The van der Waals surface area contributed by atoms with Crippen molar-refractivity contribution < 1.29 is 13.9 Å². The largest absolute Gasteiger partial charge is 0.481 e. The first-order chi connectivity index (χ1) is 11.1. The van der Waals surface area contributed by atoms with Crippen molar-refractivity contribution in [3.63, 3.8) is 0 Å². The lowest BCUT2D eigenvalue weighted by atomic mass is 10.2. The van der Waals surface area contributed by atoms with Crippen LogP contribution in [-0.2, 0) is 4.79 Å². The fourth-order valence-electron chi connectivity index (χ4n) is 2.85. The number of amides is 1. The highest BCUT2D eigenvalue weighted by Crippen LogP contribution is 2.31. The van der Waals surface area contributed by atoms with Crippen LogP contribution in [0.3, 0.4) is 0 Å². The van der Waals surface area contributed by atoms with Crippen LogP contribution in [0.15, 0.2) is 36.5 Å². The number of nitrogens with one attached hydrogen (secondary N) is 1. The average molecular weight is 317 g/mol. The summed E-state index contributed by atoms with van der Waals surface area (Å²) in [6, 6.07) is 7.75. The molecule has 1 fully saturated rings. The molecule has 1 heterocycles. The summed E-state index contributed by atoms with van der Waals surface area (Å²) >= 11 is 0. The van der Waals surface area contributed by atoms with Crippen LogP contribution in [-0.4, -0.2) is 21.8 Å². The first-order valence-corrected chi connectivity index (χ1v) is 7.90. The Morgan fingerprint density at radius 2 is 2.00 bits per heavy atom. The monoisotopic (exact) mass is 317 g/mol. The highest BCUT2D eigenvalue weighted by Gasteiger charge is 2.22.